The predicted octanol–water partition coefficient (Wildman–Crippen LogP) is 0.0548. The van der Waals surface area contributed by atoms with E-state index in [0.29, 0.717) is 19.4 Å². The molecule has 1 aliphatic heterocycles. The van der Waals surface area contributed by atoms with E-state index in [1.165, 1.54) is 0 Å². The van der Waals surface area contributed by atoms with Gasteiger partial charge in [-0.15, -0.1) is 0 Å². The third kappa shape index (κ3) is 5.04. The molecular formula is C11H22N2O3S. The molecule has 1 heterocycles. The number of sulfone groups is 1. The predicted molar refractivity (Wildman–Crippen MR) is 67.3 cm³/mol. The Morgan fingerprint density at radius 2 is 2.00 bits per heavy atom. The lowest BCUT2D eigenvalue weighted by Gasteiger charge is -2.24. The minimum Gasteiger partial charge on any atom is -0.353 e. The Morgan fingerprint density at radius 1 is 1.41 bits per heavy atom. The Balaban J connectivity index is 2.32. The zero-order valence-electron chi connectivity index (χ0n) is 10.3. The summed E-state index contributed by atoms with van der Waals surface area (Å²) in [6.45, 7) is 2.48. The summed E-state index contributed by atoms with van der Waals surface area (Å²) >= 11 is 0. The summed E-state index contributed by atoms with van der Waals surface area (Å²) in [4.78, 5) is 11.8. The number of nitrogens with one attached hydrogen (secondary N) is 1. The average Bonchev–Trinajstić information content (AvgIpc) is 2.28. The van der Waals surface area contributed by atoms with Crippen molar-refractivity contribution in [2.75, 3.05) is 18.1 Å². The van der Waals surface area contributed by atoms with E-state index < -0.39 is 9.84 Å². The van der Waals surface area contributed by atoms with Gasteiger partial charge in [0.2, 0.25) is 5.91 Å². The lowest BCUT2D eigenvalue weighted by molar-refractivity contribution is -0.125. The fraction of sp³-hybridized carbons (Fsp3) is 0.909. The highest BCUT2D eigenvalue weighted by Crippen LogP contribution is 2.13. The molecule has 0 saturated carbocycles. The van der Waals surface area contributed by atoms with Crippen molar-refractivity contribution in [3.05, 3.63) is 0 Å². The topological polar surface area (TPSA) is 89.3 Å². The van der Waals surface area contributed by atoms with Gasteiger partial charge in [-0.2, -0.15) is 0 Å². The van der Waals surface area contributed by atoms with Crippen LogP contribution in [0, 0.1) is 5.92 Å². The fourth-order valence-corrected chi connectivity index (χ4v) is 3.42. The maximum Gasteiger partial charge on any atom is 0.223 e. The van der Waals surface area contributed by atoms with E-state index in [2.05, 4.69) is 5.32 Å². The molecule has 0 bridgehead atoms. The van der Waals surface area contributed by atoms with Crippen LogP contribution in [0.3, 0.4) is 0 Å². The number of carbonyl (C=O) groups excluding carboxylic acids is 1. The molecule has 5 nitrogen and oxygen atoms in total. The molecule has 1 aliphatic rings. The van der Waals surface area contributed by atoms with Gasteiger partial charge in [-0.1, -0.05) is 6.92 Å². The second-order valence-electron chi connectivity index (χ2n) is 4.77. The third-order valence-electron chi connectivity index (χ3n) is 3.19. The van der Waals surface area contributed by atoms with Crippen molar-refractivity contribution in [3.63, 3.8) is 0 Å². The Morgan fingerprint density at radius 3 is 2.53 bits per heavy atom. The minimum absolute atomic E-state index is 0.0164. The number of amides is 1. The van der Waals surface area contributed by atoms with E-state index >= 15 is 0 Å². The van der Waals surface area contributed by atoms with Gasteiger partial charge < -0.3 is 11.1 Å². The molecule has 1 saturated heterocycles. The quantitative estimate of drug-likeness (QED) is 0.733. The molecule has 0 spiro atoms. The highest BCUT2D eigenvalue weighted by atomic mass is 32.2. The molecule has 0 aromatic carbocycles. The molecule has 6 heteroatoms. The smallest absolute Gasteiger partial charge is 0.223 e. The normalized spacial score (nSPS) is 22.0. The third-order valence-corrected chi connectivity index (χ3v) is 4.91. The van der Waals surface area contributed by atoms with Crippen molar-refractivity contribution in [2.24, 2.45) is 11.7 Å². The van der Waals surface area contributed by atoms with Crippen molar-refractivity contribution in [3.8, 4) is 0 Å². The van der Waals surface area contributed by atoms with E-state index in [-0.39, 0.29) is 29.4 Å². The van der Waals surface area contributed by atoms with Crippen LogP contribution in [0.5, 0.6) is 0 Å². The van der Waals surface area contributed by atoms with E-state index in [9.17, 15) is 13.2 Å². The Bertz CT molecular complexity index is 340. The summed E-state index contributed by atoms with van der Waals surface area (Å²) in [7, 11) is -2.85. The van der Waals surface area contributed by atoms with E-state index in [1.807, 2.05) is 6.92 Å². The molecular weight excluding hydrogens is 240 g/mol. The van der Waals surface area contributed by atoms with Crippen LogP contribution in [0.4, 0.5) is 0 Å². The van der Waals surface area contributed by atoms with Gasteiger partial charge in [-0.3, -0.25) is 4.79 Å². The monoisotopic (exact) mass is 262 g/mol. The van der Waals surface area contributed by atoms with Crippen LogP contribution in [-0.4, -0.2) is 38.4 Å². The van der Waals surface area contributed by atoms with Crippen LogP contribution < -0.4 is 11.1 Å². The first kappa shape index (κ1) is 14.4. The fourth-order valence-electron chi connectivity index (χ4n) is 1.93. The zero-order chi connectivity index (χ0) is 12.9. The number of hydrogen-bond acceptors (Lipinski definition) is 4. The van der Waals surface area contributed by atoms with Crippen molar-refractivity contribution in [1.82, 2.24) is 5.32 Å². The maximum atomic E-state index is 11.8. The van der Waals surface area contributed by atoms with Crippen LogP contribution in [0.2, 0.25) is 0 Å². The van der Waals surface area contributed by atoms with Gasteiger partial charge in [0.15, 0.2) is 0 Å². The first-order chi connectivity index (χ1) is 7.94. The number of hydrogen-bond donors (Lipinski definition) is 2. The summed E-state index contributed by atoms with van der Waals surface area (Å²) in [6.07, 6.45) is 2.70. The molecule has 1 fully saturated rings. The summed E-state index contributed by atoms with van der Waals surface area (Å²) in [5.41, 5.74) is 5.39. The largest absolute Gasteiger partial charge is 0.353 e. The lowest BCUT2D eigenvalue weighted by Crippen LogP contribution is -2.43. The van der Waals surface area contributed by atoms with Crippen molar-refractivity contribution < 1.29 is 13.2 Å². The second kappa shape index (κ2) is 6.35. The molecule has 0 aromatic heterocycles. The molecule has 17 heavy (non-hydrogen) atoms. The van der Waals surface area contributed by atoms with Gasteiger partial charge in [0, 0.05) is 12.0 Å². The molecule has 3 N–H and O–H groups in total. The van der Waals surface area contributed by atoms with Crippen LogP contribution in [0.15, 0.2) is 0 Å². The van der Waals surface area contributed by atoms with Crippen molar-refractivity contribution in [1.29, 1.82) is 0 Å². The highest BCUT2D eigenvalue weighted by Gasteiger charge is 2.25. The molecule has 0 aliphatic carbocycles. The molecule has 100 valence electrons. The first-order valence-corrected chi connectivity index (χ1v) is 7.97. The van der Waals surface area contributed by atoms with Gasteiger partial charge in [0.05, 0.1) is 11.5 Å². The summed E-state index contributed by atoms with van der Waals surface area (Å²) in [6, 6.07) is 0.0198. The highest BCUT2D eigenvalue weighted by molar-refractivity contribution is 7.91. The Hall–Kier alpha value is -0.620. The van der Waals surface area contributed by atoms with Crippen LogP contribution in [0.25, 0.3) is 0 Å². The standard InChI is InChI=1S/C11H22N2O3S/c1-9(3-2-6-12)11(14)13-10-4-7-17(15,16)8-5-10/h9-10H,2-8,12H2,1H3,(H,13,14). The Labute approximate surface area is 103 Å². The van der Waals surface area contributed by atoms with Gasteiger partial charge in [0.25, 0.3) is 0 Å². The molecule has 1 rings (SSSR count). The minimum atomic E-state index is -2.85. The molecule has 0 aromatic rings. The zero-order valence-corrected chi connectivity index (χ0v) is 11.1. The molecule has 1 unspecified atom stereocenters. The van der Waals surface area contributed by atoms with E-state index in [1.54, 1.807) is 0 Å². The van der Waals surface area contributed by atoms with Gasteiger partial charge >= 0.3 is 0 Å². The Kier molecular flexibility index (Phi) is 5.39. The summed E-state index contributed by atoms with van der Waals surface area (Å²) < 4.78 is 22.5. The first-order valence-electron chi connectivity index (χ1n) is 6.15. The van der Waals surface area contributed by atoms with Crippen LogP contribution >= 0.6 is 0 Å². The van der Waals surface area contributed by atoms with E-state index in [4.69, 9.17) is 5.73 Å². The van der Waals surface area contributed by atoms with Gasteiger partial charge in [0.1, 0.15) is 9.84 Å². The van der Waals surface area contributed by atoms with Crippen molar-refractivity contribution >= 4 is 15.7 Å². The van der Waals surface area contributed by atoms with E-state index in [0.717, 1.165) is 12.8 Å². The lowest BCUT2D eigenvalue weighted by atomic mass is 10.0. The molecule has 1 atom stereocenters. The number of rotatable bonds is 5. The van der Waals surface area contributed by atoms with Crippen molar-refractivity contribution in [2.45, 2.75) is 38.6 Å². The SMILES string of the molecule is CC(CCCN)C(=O)NC1CCS(=O)(=O)CC1. The molecule has 0 radical (unpaired) electrons. The van der Waals surface area contributed by atoms with Gasteiger partial charge in [-0.25, -0.2) is 8.42 Å². The summed E-state index contributed by atoms with van der Waals surface area (Å²) in [5.74, 6) is 0.351. The van der Waals surface area contributed by atoms with Crippen LogP contribution in [-0.2, 0) is 14.6 Å². The van der Waals surface area contributed by atoms with Crippen LogP contribution in [0.1, 0.15) is 32.6 Å². The summed E-state index contributed by atoms with van der Waals surface area (Å²) in [5, 5.41) is 2.92. The number of nitrogens with two attached hydrogens (primary N) is 1. The average molecular weight is 262 g/mol. The second-order valence-corrected chi connectivity index (χ2v) is 7.07. The molecule has 1 amide bonds. The van der Waals surface area contributed by atoms with Gasteiger partial charge in [-0.05, 0) is 32.2 Å². The number of carbonyl (C=O) groups is 1. The maximum absolute atomic E-state index is 11.8.